The molecule has 3 nitrogen and oxygen atoms in total. The largest absolute Gasteiger partial charge is 0.465 e. The molecule has 0 bridgehead atoms. The Hall–Kier alpha value is -4.63. The zero-order valence-electron chi connectivity index (χ0n) is 24.4. The summed E-state index contributed by atoms with van der Waals surface area (Å²) in [5, 5.41) is 0. The molecule has 0 radical (unpaired) electrons. The first-order chi connectivity index (χ1) is 19.6. The predicted octanol–water partition coefficient (Wildman–Crippen LogP) is 9.67. The normalized spacial score (nSPS) is 15.5. The van der Waals surface area contributed by atoms with Gasteiger partial charge in [-0.15, -0.1) is 0 Å². The average Bonchev–Trinajstić information content (AvgIpc) is 3.35. The Morgan fingerprint density at radius 3 is 1.85 bits per heavy atom. The van der Waals surface area contributed by atoms with Gasteiger partial charge in [0.15, 0.2) is 0 Å². The van der Waals surface area contributed by atoms with Crippen molar-refractivity contribution in [1.29, 1.82) is 0 Å². The molecule has 0 unspecified atom stereocenters. The van der Waals surface area contributed by atoms with E-state index in [-0.39, 0.29) is 16.8 Å². The molecular weight excluding hydrogens is 502 g/mol. The maximum absolute atomic E-state index is 12.2. The van der Waals surface area contributed by atoms with Crippen LogP contribution in [0.3, 0.4) is 0 Å². The summed E-state index contributed by atoms with van der Waals surface area (Å²) in [6.45, 7) is 17.3. The molecule has 0 aliphatic heterocycles. The zero-order valence-corrected chi connectivity index (χ0v) is 24.4. The number of benzene rings is 4. The van der Waals surface area contributed by atoms with E-state index in [1.165, 1.54) is 46.1 Å². The molecule has 0 amide bonds. The van der Waals surface area contributed by atoms with Gasteiger partial charge in [-0.1, -0.05) is 89.4 Å². The molecule has 2 aliphatic rings. The number of fused-ring (bicyclic) bond motifs is 4. The second kappa shape index (κ2) is 9.49. The first-order valence-electron chi connectivity index (χ1n) is 14.0. The van der Waals surface area contributed by atoms with Crippen molar-refractivity contribution < 1.29 is 9.53 Å². The Labute approximate surface area is 243 Å². The van der Waals surface area contributed by atoms with Crippen molar-refractivity contribution in [2.24, 2.45) is 0 Å². The molecule has 4 aromatic carbocycles. The first-order valence-corrected chi connectivity index (χ1v) is 14.0. The standard InChI is InChI=1S/C38H35NO2/c1-8-28-30-20-18-26(22-34(30)37(3,4)32(28)9-2)39(25-16-14-24(15-17-25)36(40)41-7)27-19-21-31-29-12-10-11-13-33(29)38(5,6)35(31)23-27/h8-23H,1-2H2,3-7H3. The van der Waals surface area contributed by atoms with Gasteiger partial charge in [0, 0.05) is 27.9 Å². The molecule has 0 N–H and O–H groups in total. The highest BCUT2D eigenvalue weighted by Gasteiger charge is 2.37. The van der Waals surface area contributed by atoms with Crippen molar-refractivity contribution in [2.45, 2.75) is 38.5 Å². The van der Waals surface area contributed by atoms with Crippen LogP contribution in [0.4, 0.5) is 17.1 Å². The molecule has 2 aliphatic carbocycles. The molecular formula is C38H35NO2. The molecule has 0 aromatic heterocycles. The fraction of sp³-hybridized carbons (Fsp3) is 0.184. The van der Waals surface area contributed by atoms with E-state index in [9.17, 15) is 4.79 Å². The quantitative estimate of drug-likeness (QED) is 0.229. The number of hydrogen-bond donors (Lipinski definition) is 0. The van der Waals surface area contributed by atoms with Crippen LogP contribution < -0.4 is 4.90 Å². The van der Waals surface area contributed by atoms with Crippen molar-refractivity contribution in [3.8, 4) is 11.1 Å². The van der Waals surface area contributed by atoms with Crippen LogP contribution in [0.1, 0.15) is 60.3 Å². The average molecular weight is 538 g/mol. The fourth-order valence-corrected chi connectivity index (χ4v) is 6.78. The number of carbonyl (C=O) groups excluding carboxylic acids is 1. The molecule has 3 heteroatoms. The van der Waals surface area contributed by atoms with Crippen LogP contribution >= 0.6 is 0 Å². The third-order valence-electron chi connectivity index (χ3n) is 8.97. The van der Waals surface area contributed by atoms with E-state index in [1.807, 2.05) is 36.4 Å². The summed E-state index contributed by atoms with van der Waals surface area (Å²) in [5.41, 5.74) is 13.2. The van der Waals surface area contributed by atoms with E-state index in [2.05, 4.69) is 106 Å². The molecule has 41 heavy (non-hydrogen) atoms. The van der Waals surface area contributed by atoms with Gasteiger partial charge in [-0.25, -0.2) is 4.79 Å². The van der Waals surface area contributed by atoms with Gasteiger partial charge in [-0.2, -0.15) is 0 Å². The summed E-state index contributed by atoms with van der Waals surface area (Å²) in [6.07, 6.45) is 3.90. The van der Waals surface area contributed by atoms with E-state index < -0.39 is 0 Å². The topological polar surface area (TPSA) is 29.5 Å². The fourth-order valence-electron chi connectivity index (χ4n) is 6.78. The minimum absolute atomic E-state index is 0.121. The van der Waals surface area contributed by atoms with Crippen LogP contribution in [0.5, 0.6) is 0 Å². The number of allylic oxidation sites excluding steroid dienone is 4. The summed E-state index contributed by atoms with van der Waals surface area (Å²) in [6, 6.07) is 29.7. The highest BCUT2D eigenvalue weighted by Crippen LogP contribution is 2.52. The van der Waals surface area contributed by atoms with Crippen molar-refractivity contribution in [3.63, 3.8) is 0 Å². The van der Waals surface area contributed by atoms with E-state index in [1.54, 1.807) is 0 Å². The van der Waals surface area contributed by atoms with Gasteiger partial charge in [-0.3, -0.25) is 0 Å². The van der Waals surface area contributed by atoms with Gasteiger partial charge in [0.05, 0.1) is 12.7 Å². The summed E-state index contributed by atoms with van der Waals surface area (Å²) in [4.78, 5) is 14.5. The molecule has 0 saturated heterocycles. The lowest BCUT2D eigenvalue weighted by Crippen LogP contribution is -2.18. The van der Waals surface area contributed by atoms with Gasteiger partial charge in [0.1, 0.15) is 0 Å². The Morgan fingerprint density at radius 2 is 1.24 bits per heavy atom. The summed E-state index contributed by atoms with van der Waals surface area (Å²) in [7, 11) is 1.40. The summed E-state index contributed by atoms with van der Waals surface area (Å²) in [5.74, 6) is -0.348. The lowest BCUT2D eigenvalue weighted by molar-refractivity contribution is 0.0600. The second-order valence-corrected chi connectivity index (χ2v) is 11.9. The third-order valence-corrected chi connectivity index (χ3v) is 8.97. The van der Waals surface area contributed by atoms with Gasteiger partial charge < -0.3 is 9.64 Å². The van der Waals surface area contributed by atoms with Gasteiger partial charge >= 0.3 is 5.97 Å². The number of carbonyl (C=O) groups is 1. The molecule has 6 rings (SSSR count). The van der Waals surface area contributed by atoms with Gasteiger partial charge in [0.25, 0.3) is 0 Å². The minimum atomic E-state index is -0.348. The summed E-state index contributed by atoms with van der Waals surface area (Å²) < 4.78 is 4.95. The zero-order chi connectivity index (χ0) is 29.1. The number of anilines is 3. The van der Waals surface area contributed by atoms with Crippen LogP contribution in [0.25, 0.3) is 16.7 Å². The summed E-state index contributed by atoms with van der Waals surface area (Å²) >= 11 is 0. The van der Waals surface area contributed by atoms with E-state index in [0.29, 0.717) is 5.56 Å². The molecule has 0 heterocycles. The number of ether oxygens (including phenoxy) is 1. The highest BCUT2D eigenvalue weighted by atomic mass is 16.5. The molecule has 0 saturated carbocycles. The van der Waals surface area contributed by atoms with Crippen LogP contribution in [0.2, 0.25) is 0 Å². The Balaban J connectivity index is 1.54. The molecule has 4 aromatic rings. The Kier molecular flexibility index (Phi) is 6.15. The number of methoxy groups -OCH3 is 1. The molecule has 0 atom stereocenters. The number of rotatable bonds is 6. The lowest BCUT2D eigenvalue weighted by Gasteiger charge is -2.30. The Morgan fingerprint density at radius 1 is 0.683 bits per heavy atom. The minimum Gasteiger partial charge on any atom is -0.465 e. The van der Waals surface area contributed by atoms with Crippen LogP contribution in [0, 0.1) is 0 Å². The second-order valence-electron chi connectivity index (χ2n) is 11.9. The highest BCUT2D eigenvalue weighted by molar-refractivity contribution is 5.92. The van der Waals surface area contributed by atoms with Crippen molar-refractivity contribution in [3.05, 3.63) is 144 Å². The van der Waals surface area contributed by atoms with Crippen molar-refractivity contribution in [1.82, 2.24) is 0 Å². The monoisotopic (exact) mass is 537 g/mol. The maximum atomic E-state index is 12.2. The number of hydrogen-bond acceptors (Lipinski definition) is 3. The molecule has 0 fully saturated rings. The third kappa shape index (κ3) is 3.91. The van der Waals surface area contributed by atoms with Gasteiger partial charge in [0.2, 0.25) is 0 Å². The first kappa shape index (κ1) is 26.6. The van der Waals surface area contributed by atoms with E-state index in [0.717, 1.165) is 22.6 Å². The predicted molar refractivity (Wildman–Crippen MR) is 170 cm³/mol. The maximum Gasteiger partial charge on any atom is 0.337 e. The van der Waals surface area contributed by atoms with Crippen LogP contribution in [-0.4, -0.2) is 13.1 Å². The SMILES string of the molecule is C=CC1=C(C=C)C(C)(C)c2cc(N(c3ccc(C(=O)OC)cc3)c3ccc4c(c3)C(C)(C)c3ccccc3-4)ccc21. The number of esters is 1. The lowest BCUT2D eigenvalue weighted by atomic mass is 9.81. The van der Waals surface area contributed by atoms with E-state index in [4.69, 9.17) is 4.74 Å². The van der Waals surface area contributed by atoms with Crippen LogP contribution in [-0.2, 0) is 15.6 Å². The van der Waals surface area contributed by atoms with Crippen molar-refractivity contribution >= 4 is 28.6 Å². The number of nitrogens with zero attached hydrogens (tertiary/aromatic N) is 1. The van der Waals surface area contributed by atoms with Crippen molar-refractivity contribution in [2.75, 3.05) is 12.0 Å². The van der Waals surface area contributed by atoms with E-state index >= 15 is 0 Å². The van der Waals surface area contributed by atoms with Gasteiger partial charge in [-0.05, 0) is 93.1 Å². The van der Waals surface area contributed by atoms with Crippen LogP contribution in [0.15, 0.2) is 116 Å². The smallest absolute Gasteiger partial charge is 0.337 e. The molecule has 204 valence electrons. The molecule has 0 spiro atoms. The Bertz CT molecular complexity index is 1770.